The second kappa shape index (κ2) is 7.11. The summed E-state index contributed by atoms with van der Waals surface area (Å²) in [6.45, 7) is 0.681. The van der Waals surface area contributed by atoms with Crippen molar-refractivity contribution >= 4 is 23.2 Å². The summed E-state index contributed by atoms with van der Waals surface area (Å²) < 4.78 is 10.1. The van der Waals surface area contributed by atoms with Gasteiger partial charge < -0.3 is 20.5 Å². The number of rotatable bonds is 6. The molecule has 5 nitrogen and oxygen atoms in total. The molecule has 0 radical (unpaired) electrons. The Morgan fingerprint density at radius 1 is 1.53 bits per heavy atom. The highest BCUT2D eigenvalue weighted by molar-refractivity contribution is 6.31. The van der Waals surface area contributed by atoms with Crippen molar-refractivity contribution in [3.8, 4) is 5.75 Å². The van der Waals surface area contributed by atoms with Crippen LogP contribution in [0.5, 0.6) is 5.75 Å². The smallest absolute Gasteiger partial charge is 0.250 e. The van der Waals surface area contributed by atoms with Crippen molar-refractivity contribution in [1.82, 2.24) is 0 Å². The first-order valence-electron chi connectivity index (χ1n) is 5.08. The summed E-state index contributed by atoms with van der Waals surface area (Å²) in [5, 5.41) is 3.16. The van der Waals surface area contributed by atoms with Gasteiger partial charge >= 0.3 is 0 Å². The summed E-state index contributed by atoms with van der Waals surface area (Å²) in [4.78, 5) is 11.5. The van der Waals surface area contributed by atoms with E-state index in [1.807, 2.05) is 0 Å². The second-order valence-corrected chi connectivity index (χ2v) is 3.67. The molecule has 0 fully saturated rings. The van der Waals surface area contributed by atoms with Crippen LogP contribution in [0.1, 0.15) is 0 Å². The molecule has 0 atom stereocenters. The lowest BCUT2D eigenvalue weighted by Crippen LogP contribution is -2.21. The summed E-state index contributed by atoms with van der Waals surface area (Å²) in [5.74, 6) is 0.264. The van der Waals surface area contributed by atoms with Gasteiger partial charge in [-0.15, -0.1) is 0 Å². The Hall–Kier alpha value is -1.30. The van der Waals surface area contributed by atoms with Gasteiger partial charge in [0.25, 0.3) is 0 Å². The first-order valence-corrected chi connectivity index (χ1v) is 5.46. The largest absolute Gasteiger partial charge is 0.495 e. The number of carbonyl (C=O) groups is 1. The maximum absolute atomic E-state index is 11.5. The van der Waals surface area contributed by atoms with E-state index in [1.165, 1.54) is 7.11 Å². The quantitative estimate of drug-likeness (QED) is 0.754. The molecule has 0 saturated heterocycles. The number of anilines is 1. The van der Waals surface area contributed by atoms with Crippen LogP contribution < -0.4 is 15.8 Å². The van der Waals surface area contributed by atoms with E-state index in [2.05, 4.69) is 5.32 Å². The highest BCUT2D eigenvalue weighted by Gasteiger charge is 2.08. The van der Waals surface area contributed by atoms with E-state index in [9.17, 15) is 4.79 Å². The monoisotopic (exact) mass is 258 g/mol. The third-order valence-corrected chi connectivity index (χ3v) is 2.17. The zero-order valence-electron chi connectivity index (χ0n) is 9.53. The third kappa shape index (κ3) is 4.60. The number of ether oxygens (including phenoxy) is 2. The molecule has 94 valence electrons. The van der Waals surface area contributed by atoms with Crippen LogP contribution in [-0.4, -0.2) is 32.8 Å². The van der Waals surface area contributed by atoms with Crippen LogP contribution in [0.4, 0.5) is 5.69 Å². The molecule has 0 bridgehead atoms. The Morgan fingerprint density at radius 2 is 2.29 bits per heavy atom. The fourth-order valence-electron chi connectivity index (χ4n) is 1.21. The lowest BCUT2D eigenvalue weighted by Gasteiger charge is -2.10. The van der Waals surface area contributed by atoms with Gasteiger partial charge in [-0.3, -0.25) is 4.79 Å². The third-order valence-electron chi connectivity index (χ3n) is 1.93. The van der Waals surface area contributed by atoms with E-state index in [1.54, 1.807) is 18.2 Å². The molecule has 0 aromatic heterocycles. The van der Waals surface area contributed by atoms with E-state index in [-0.39, 0.29) is 12.5 Å². The Morgan fingerprint density at radius 3 is 2.94 bits per heavy atom. The highest BCUT2D eigenvalue weighted by atomic mass is 35.5. The molecular formula is C11H15ClN2O3. The van der Waals surface area contributed by atoms with Gasteiger partial charge in [0.2, 0.25) is 5.91 Å². The summed E-state index contributed by atoms with van der Waals surface area (Å²) in [6.07, 6.45) is 0. The highest BCUT2D eigenvalue weighted by Crippen LogP contribution is 2.27. The molecule has 0 heterocycles. The molecule has 1 aromatic rings. The van der Waals surface area contributed by atoms with Crippen LogP contribution in [0.25, 0.3) is 0 Å². The standard InChI is InChI=1S/C11H15ClN2O3/c1-16-10-3-2-8(12)6-9(10)14-11(15)7-17-5-4-13/h2-3,6H,4-5,7,13H2,1H3,(H,14,15). The van der Waals surface area contributed by atoms with Gasteiger partial charge in [0, 0.05) is 11.6 Å². The van der Waals surface area contributed by atoms with Crippen molar-refractivity contribution in [3.05, 3.63) is 23.2 Å². The molecule has 1 rings (SSSR count). The minimum Gasteiger partial charge on any atom is -0.495 e. The summed E-state index contributed by atoms with van der Waals surface area (Å²) in [7, 11) is 1.52. The minimum atomic E-state index is -0.279. The Labute approximate surface area is 105 Å². The van der Waals surface area contributed by atoms with Crippen LogP contribution in [0.3, 0.4) is 0 Å². The van der Waals surface area contributed by atoms with Crippen LogP contribution in [0.2, 0.25) is 5.02 Å². The maximum Gasteiger partial charge on any atom is 0.250 e. The molecule has 3 N–H and O–H groups in total. The van der Waals surface area contributed by atoms with Crippen LogP contribution >= 0.6 is 11.6 Å². The minimum absolute atomic E-state index is 0.0487. The number of benzene rings is 1. The number of halogens is 1. The number of hydrogen-bond acceptors (Lipinski definition) is 4. The second-order valence-electron chi connectivity index (χ2n) is 3.23. The van der Waals surface area contributed by atoms with Gasteiger partial charge in [-0.05, 0) is 18.2 Å². The number of amides is 1. The van der Waals surface area contributed by atoms with Gasteiger partial charge in [-0.2, -0.15) is 0 Å². The lowest BCUT2D eigenvalue weighted by molar-refractivity contribution is -0.120. The first kappa shape index (κ1) is 13.8. The van der Waals surface area contributed by atoms with E-state index >= 15 is 0 Å². The maximum atomic E-state index is 11.5. The number of nitrogens with two attached hydrogens (primary N) is 1. The molecule has 0 spiro atoms. The Balaban J connectivity index is 2.60. The van der Waals surface area contributed by atoms with Crippen LogP contribution in [-0.2, 0) is 9.53 Å². The van der Waals surface area contributed by atoms with E-state index in [0.717, 1.165) is 0 Å². The molecule has 1 aromatic carbocycles. The number of carbonyl (C=O) groups excluding carboxylic acids is 1. The Bertz CT molecular complexity index is 385. The van der Waals surface area contributed by atoms with Gasteiger partial charge in [-0.1, -0.05) is 11.6 Å². The van der Waals surface area contributed by atoms with Crippen molar-refractivity contribution in [3.63, 3.8) is 0 Å². The molecule has 0 saturated carbocycles. The molecule has 6 heteroatoms. The van der Waals surface area contributed by atoms with Crippen molar-refractivity contribution in [2.24, 2.45) is 5.73 Å². The normalized spacial score (nSPS) is 10.1. The van der Waals surface area contributed by atoms with Crippen LogP contribution in [0, 0.1) is 0 Å². The van der Waals surface area contributed by atoms with Gasteiger partial charge in [0.1, 0.15) is 12.4 Å². The molecule has 0 aliphatic carbocycles. The van der Waals surface area contributed by atoms with Crippen molar-refractivity contribution in [2.45, 2.75) is 0 Å². The van der Waals surface area contributed by atoms with Gasteiger partial charge in [-0.25, -0.2) is 0 Å². The topological polar surface area (TPSA) is 73.6 Å². The summed E-state index contributed by atoms with van der Waals surface area (Å²) >= 11 is 5.83. The fourth-order valence-corrected chi connectivity index (χ4v) is 1.38. The van der Waals surface area contributed by atoms with Crippen molar-refractivity contribution in [2.75, 3.05) is 32.2 Å². The predicted molar refractivity (Wildman–Crippen MR) is 66.5 cm³/mol. The average Bonchev–Trinajstić information content (AvgIpc) is 2.29. The molecule has 17 heavy (non-hydrogen) atoms. The number of methoxy groups -OCH3 is 1. The van der Waals surface area contributed by atoms with Crippen molar-refractivity contribution in [1.29, 1.82) is 0 Å². The van der Waals surface area contributed by atoms with Gasteiger partial charge in [0.15, 0.2) is 0 Å². The fraction of sp³-hybridized carbons (Fsp3) is 0.364. The molecule has 0 aliphatic rings. The summed E-state index contributed by atoms with van der Waals surface area (Å²) in [5.41, 5.74) is 5.75. The zero-order chi connectivity index (χ0) is 12.7. The van der Waals surface area contributed by atoms with E-state index < -0.39 is 0 Å². The zero-order valence-corrected chi connectivity index (χ0v) is 10.3. The average molecular weight is 259 g/mol. The molecule has 0 unspecified atom stereocenters. The predicted octanol–water partition coefficient (Wildman–Crippen LogP) is 1.26. The first-order chi connectivity index (χ1) is 8.17. The lowest BCUT2D eigenvalue weighted by atomic mass is 10.3. The number of hydrogen-bond donors (Lipinski definition) is 2. The SMILES string of the molecule is COc1ccc(Cl)cc1NC(=O)COCCN. The van der Waals surface area contributed by atoms with E-state index in [0.29, 0.717) is 29.6 Å². The van der Waals surface area contributed by atoms with Gasteiger partial charge in [0.05, 0.1) is 19.4 Å². The summed E-state index contributed by atoms with van der Waals surface area (Å²) in [6, 6.07) is 4.97. The molecular weight excluding hydrogens is 244 g/mol. The Kier molecular flexibility index (Phi) is 5.76. The molecule has 0 aliphatic heterocycles. The van der Waals surface area contributed by atoms with Crippen molar-refractivity contribution < 1.29 is 14.3 Å². The van der Waals surface area contributed by atoms with E-state index in [4.69, 9.17) is 26.8 Å². The van der Waals surface area contributed by atoms with Crippen LogP contribution in [0.15, 0.2) is 18.2 Å². The molecule has 1 amide bonds. The number of nitrogens with one attached hydrogen (secondary N) is 1.